The lowest BCUT2D eigenvalue weighted by atomic mass is 10.2. The van der Waals surface area contributed by atoms with Crippen LogP contribution in [-0.4, -0.2) is 21.1 Å². The first-order valence-electron chi connectivity index (χ1n) is 5.34. The molecule has 1 aromatic carbocycles. The number of hydrogen-bond acceptors (Lipinski definition) is 3. The molecule has 4 heteroatoms. The Morgan fingerprint density at radius 1 is 1.31 bits per heavy atom. The van der Waals surface area contributed by atoms with Gasteiger partial charge in [-0.3, -0.25) is 4.79 Å². The molecular weight excluding hydrogens is 202 g/mol. The summed E-state index contributed by atoms with van der Waals surface area (Å²) in [4.78, 5) is 15.2. The SMILES string of the molecule is O=Cc1ccccc1-n1cnc(C2CC2)n1. The molecule has 1 heterocycles. The minimum atomic E-state index is 0.532. The molecule has 1 aromatic heterocycles. The van der Waals surface area contributed by atoms with Gasteiger partial charge in [-0.25, -0.2) is 9.67 Å². The predicted molar refractivity (Wildman–Crippen MR) is 58.7 cm³/mol. The minimum absolute atomic E-state index is 0.532. The van der Waals surface area contributed by atoms with Crippen molar-refractivity contribution >= 4 is 6.29 Å². The fraction of sp³-hybridized carbons (Fsp3) is 0.250. The van der Waals surface area contributed by atoms with Gasteiger partial charge in [-0.15, -0.1) is 0 Å². The average Bonchev–Trinajstić information content (AvgIpc) is 3.07. The van der Waals surface area contributed by atoms with Crippen LogP contribution < -0.4 is 0 Å². The Morgan fingerprint density at radius 3 is 2.88 bits per heavy atom. The molecule has 0 aliphatic heterocycles. The van der Waals surface area contributed by atoms with Gasteiger partial charge in [0.05, 0.1) is 5.69 Å². The van der Waals surface area contributed by atoms with Crippen LogP contribution in [-0.2, 0) is 0 Å². The number of rotatable bonds is 3. The van der Waals surface area contributed by atoms with E-state index in [1.165, 1.54) is 12.8 Å². The summed E-state index contributed by atoms with van der Waals surface area (Å²) in [5.74, 6) is 1.42. The lowest BCUT2D eigenvalue weighted by Gasteiger charge is -2.02. The lowest BCUT2D eigenvalue weighted by molar-refractivity contribution is 0.112. The van der Waals surface area contributed by atoms with E-state index in [0.717, 1.165) is 17.8 Å². The monoisotopic (exact) mass is 213 g/mol. The second kappa shape index (κ2) is 3.56. The number of para-hydroxylation sites is 1. The van der Waals surface area contributed by atoms with Crippen LogP contribution in [0.15, 0.2) is 30.6 Å². The van der Waals surface area contributed by atoms with Gasteiger partial charge in [-0.2, -0.15) is 5.10 Å². The molecule has 16 heavy (non-hydrogen) atoms. The molecular formula is C12H11N3O. The summed E-state index contributed by atoms with van der Waals surface area (Å²) < 4.78 is 1.68. The minimum Gasteiger partial charge on any atom is -0.298 e. The molecule has 0 unspecified atom stereocenters. The fourth-order valence-electron chi connectivity index (χ4n) is 1.72. The highest BCUT2D eigenvalue weighted by atomic mass is 16.1. The van der Waals surface area contributed by atoms with Crippen LogP contribution >= 0.6 is 0 Å². The molecule has 3 rings (SSSR count). The Hall–Kier alpha value is -1.97. The van der Waals surface area contributed by atoms with E-state index in [4.69, 9.17) is 0 Å². The number of nitrogens with zero attached hydrogens (tertiary/aromatic N) is 3. The predicted octanol–water partition coefficient (Wildman–Crippen LogP) is 1.96. The molecule has 0 spiro atoms. The molecule has 0 bridgehead atoms. The van der Waals surface area contributed by atoms with Crippen LogP contribution in [0, 0.1) is 0 Å². The molecule has 0 radical (unpaired) electrons. The van der Waals surface area contributed by atoms with Gasteiger partial charge in [0, 0.05) is 11.5 Å². The van der Waals surface area contributed by atoms with Crippen molar-refractivity contribution in [2.75, 3.05) is 0 Å². The number of carbonyl (C=O) groups excluding carboxylic acids is 1. The zero-order valence-electron chi connectivity index (χ0n) is 8.71. The molecule has 0 amide bonds. The largest absolute Gasteiger partial charge is 0.298 e. The maximum absolute atomic E-state index is 10.9. The van der Waals surface area contributed by atoms with E-state index in [2.05, 4.69) is 10.1 Å². The normalized spacial score (nSPS) is 15.0. The third-order valence-corrected chi connectivity index (χ3v) is 2.76. The molecule has 4 nitrogen and oxygen atoms in total. The van der Waals surface area contributed by atoms with Crippen molar-refractivity contribution in [1.29, 1.82) is 0 Å². The van der Waals surface area contributed by atoms with Crippen molar-refractivity contribution in [3.05, 3.63) is 42.0 Å². The fourth-order valence-corrected chi connectivity index (χ4v) is 1.72. The Bertz CT molecular complexity index is 529. The quantitative estimate of drug-likeness (QED) is 0.732. The van der Waals surface area contributed by atoms with E-state index in [0.29, 0.717) is 11.5 Å². The highest BCUT2D eigenvalue weighted by molar-refractivity contribution is 5.80. The molecule has 1 fully saturated rings. The Balaban J connectivity index is 2.03. The smallest absolute Gasteiger partial charge is 0.154 e. The number of carbonyl (C=O) groups is 1. The number of aromatic nitrogens is 3. The molecule has 2 aromatic rings. The first-order chi connectivity index (χ1) is 7.88. The average molecular weight is 213 g/mol. The van der Waals surface area contributed by atoms with Crippen molar-refractivity contribution in [3.8, 4) is 5.69 Å². The summed E-state index contributed by atoms with van der Waals surface area (Å²) in [6.07, 6.45) is 4.88. The van der Waals surface area contributed by atoms with E-state index >= 15 is 0 Å². The maximum atomic E-state index is 10.9. The van der Waals surface area contributed by atoms with Crippen LogP contribution in [0.5, 0.6) is 0 Å². The lowest BCUT2D eigenvalue weighted by Crippen LogP contribution is -1.99. The van der Waals surface area contributed by atoms with Crippen LogP contribution in [0.1, 0.15) is 34.9 Å². The van der Waals surface area contributed by atoms with Crippen LogP contribution in [0.2, 0.25) is 0 Å². The standard InChI is InChI=1S/C12H11N3O/c16-7-10-3-1-2-4-11(10)15-8-13-12(14-15)9-5-6-9/h1-4,7-9H,5-6H2. The Labute approximate surface area is 92.9 Å². The van der Waals surface area contributed by atoms with Gasteiger partial charge in [0.15, 0.2) is 12.1 Å². The van der Waals surface area contributed by atoms with Gasteiger partial charge in [0.2, 0.25) is 0 Å². The zero-order chi connectivity index (χ0) is 11.0. The number of hydrogen-bond donors (Lipinski definition) is 0. The van der Waals surface area contributed by atoms with Gasteiger partial charge in [0.25, 0.3) is 0 Å². The van der Waals surface area contributed by atoms with Gasteiger partial charge in [-0.05, 0) is 25.0 Å². The van der Waals surface area contributed by atoms with E-state index in [9.17, 15) is 4.79 Å². The molecule has 80 valence electrons. The summed E-state index contributed by atoms with van der Waals surface area (Å²) in [7, 11) is 0. The second-order valence-electron chi connectivity index (χ2n) is 4.00. The van der Waals surface area contributed by atoms with Crippen molar-refractivity contribution in [2.45, 2.75) is 18.8 Å². The summed E-state index contributed by atoms with van der Waals surface area (Å²) in [6.45, 7) is 0. The summed E-state index contributed by atoms with van der Waals surface area (Å²) in [5.41, 5.74) is 1.42. The third kappa shape index (κ3) is 1.52. The summed E-state index contributed by atoms with van der Waals surface area (Å²) in [6, 6.07) is 7.38. The molecule has 1 saturated carbocycles. The van der Waals surface area contributed by atoms with Gasteiger partial charge in [0.1, 0.15) is 6.33 Å². The number of benzene rings is 1. The first kappa shape index (κ1) is 9.27. The van der Waals surface area contributed by atoms with Gasteiger partial charge >= 0.3 is 0 Å². The molecule has 0 saturated heterocycles. The van der Waals surface area contributed by atoms with Gasteiger partial charge in [-0.1, -0.05) is 12.1 Å². The van der Waals surface area contributed by atoms with Crippen LogP contribution in [0.25, 0.3) is 5.69 Å². The first-order valence-corrected chi connectivity index (χ1v) is 5.34. The van der Waals surface area contributed by atoms with Gasteiger partial charge < -0.3 is 0 Å². The molecule has 1 aliphatic carbocycles. The van der Waals surface area contributed by atoms with Crippen molar-refractivity contribution in [3.63, 3.8) is 0 Å². The van der Waals surface area contributed by atoms with Crippen LogP contribution in [0.3, 0.4) is 0 Å². The van der Waals surface area contributed by atoms with Crippen LogP contribution in [0.4, 0.5) is 0 Å². The zero-order valence-corrected chi connectivity index (χ0v) is 8.71. The molecule has 0 atom stereocenters. The molecule has 1 aliphatic rings. The second-order valence-corrected chi connectivity index (χ2v) is 4.00. The number of aldehydes is 1. The van der Waals surface area contributed by atoms with Crippen molar-refractivity contribution in [1.82, 2.24) is 14.8 Å². The third-order valence-electron chi connectivity index (χ3n) is 2.76. The van der Waals surface area contributed by atoms with E-state index in [1.54, 1.807) is 17.1 Å². The van der Waals surface area contributed by atoms with E-state index in [1.807, 2.05) is 18.2 Å². The Kier molecular flexibility index (Phi) is 2.06. The summed E-state index contributed by atoms with van der Waals surface area (Å²) >= 11 is 0. The highest BCUT2D eigenvalue weighted by Gasteiger charge is 2.27. The Morgan fingerprint density at radius 2 is 2.12 bits per heavy atom. The molecule has 0 N–H and O–H groups in total. The maximum Gasteiger partial charge on any atom is 0.154 e. The van der Waals surface area contributed by atoms with E-state index in [-0.39, 0.29) is 0 Å². The van der Waals surface area contributed by atoms with E-state index < -0.39 is 0 Å². The van der Waals surface area contributed by atoms with Crippen molar-refractivity contribution in [2.24, 2.45) is 0 Å². The van der Waals surface area contributed by atoms with Crippen molar-refractivity contribution < 1.29 is 4.79 Å². The topological polar surface area (TPSA) is 47.8 Å². The highest BCUT2D eigenvalue weighted by Crippen LogP contribution is 2.37. The summed E-state index contributed by atoms with van der Waals surface area (Å²) in [5, 5.41) is 4.40.